The van der Waals surface area contributed by atoms with Crippen molar-refractivity contribution in [1.82, 2.24) is 45.3 Å². The van der Waals surface area contributed by atoms with Crippen molar-refractivity contribution < 1.29 is 49.2 Å². The van der Waals surface area contributed by atoms with Crippen LogP contribution in [0.25, 0.3) is 11.2 Å². The average Bonchev–Trinajstić information content (AvgIpc) is 3.35. The normalized spacial score (nSPS) is 14.9. The number of hydrogen-bond acceptors (Lipinski definition) is 21. The van der Waals surface area contributed by atoms with E-state index in [1.54, 1.807) is 17.0 Å². The van der Waals surface area contributed by atoms with Gasteiger partial charge in [0.2, 0.25) is 22.7 Å². The Bertz CT molecular complexity index is 2500. The van der Waals surface area contributed by atoms with Crippen LogP contribution in [0.4, 0.5) is 17.3 Å². The summed E-state index contributed by atoms with van der Waals surface area (Å²) in [5.41, 5.74) is 5.14. The SMILES string of the molecule is Nc1nc2ncc(CNc3ccc(C(=O)N[C@@H](CCC(=O)NCCCc4c(NCCCC(C(=O)[O-])N5CCN(CC(=O)[O-])CCN(CC(=O)[O-])CC5)c(=O)c4=O)C(=O)O)cc3)nc2c(=O)[nH]1. The smallest absolute Gasteiger partial charge is 0.326 e. The van der Waals surface area contributed by atoms with Gasteiger partial charge < -0.3 is 61.8 Å². The highest BCUT2D eigenvalue weighted by Crippen LogP contribution is 2.15. The number of aromatic amines is 1. The summed E-state index contributed by atoms with van der Waals surface area (Å²) < 4.78 is 0. The van der Waals surface area contributed by atoms with Crippen LogP contribution in [-0.2, 0) is 36.9 Å². The number of nitrogens with two attached hydrogens (primary N) is 1. The number of amides is 2. The minimum atomic E-state index is -1.39. The molecule has 1 unspecified atom stereocenters. The molecule has 2 aromatic carbocycles. The second-order valence-electron chi connectivity index (χ2n) is 15.5. The highest BCUT2D eigenvalue weighted by Gasteiger charge is 2.25. The van der Waals surface area contributed by atoms with E-state index in [0.29, 0.717) is 11.4 Å². The molecular weight excluding hydrogens is 869 g/mol. The summed E-state index contributed by atoms with van der Waals surface area (Å²) in [6.45, 7) is 0.615. The number of nitrogen functional groups attached to an aromatic ring is 1. The maximum absolute atomic E-state index is 12.9. The van der Waals surface area contributed by atoms with Crippen LogP contribution in [0, 0.1) is 0 Å². The number of rotatable bonds is 24. The Balaban J connectivity index is 1.02. The van der Waals surface area contributed by atoms with Crippen molar-refractivity contribution in [1.29, 1.82) is 0 Å². The fourth-order valence-electron chi connectivity index (χ4n) is 7.32. The third-order valence-electron chi connectivity index (χ3n) is 10.8. The fourth-order valence-corrected chi connectivity index (χ4v) is 7.32. The van der Waals surface area contributed by atoms with Crippen molar-refractivity contribution in [3.63, 3.8) is 0 Å². The number of carbonyl (C=O) groups is 6. The summed E-state index contributed by atoms with van der Waals surface area (Å²) in [5, 5.41) is 55.5. The van der Waals surface area contributed by atoms with Gasteiger partial charge in [0.05, 0.1) is 42.0 Å². The minimum absolute atomic E-state index is 0.0177. The van der Waals surface area contributed by atoms with Gasteiger partial charge in [-0.1, -0.05) is 0 Å². The Kier molecular flexibility index (Phi) is 17.7. The Hall–Kier alpha value is -7.38. The molecule has 8 N–H and O–H groups in total. The number of benzene rings is 1. The topological polar surface area (TPSA) is 381 Å². The zero-order chi connectivity index (χ0) is 47.9. The van der Waals surface area contributed by atoms with Gasteiger partial charge in [0.1, 0.15) is 6.04 Å². The van der Waals surface area contributed by atoms with Crippen LogP contribution in [0.3, 0.4) is 0 Å². The largest absolute Gasteiger partial charge is 0.549 e. The van der Waals surface area contributed by atoms with Crippen LogP contribution in [-0.4, -0.2) is 153 Å². The number of H-pyrrole nitrogens is 1. The number of hydrogen-bond donors (Lipinski definition) is 7. The van der Waals surface area contributed by atoms with Gasteiger partial charge in [-0.25, -0.2) is 14.8 Å². The number of nitrogens with one attached hydrogen (secondary N) is 5. The lowest BCUT2D eigenvalue weighted by molar-refractivity contribution is -0.313. The van der Waals surface area contributed by atoms with Crippen molar-refractivity contribution in [2.24, 2.45) is 0 Å². The molecule has 2 atom stereocenters. The molecule has 1 fully saturated rings. The molecule has 66 heavy (non-hydrogen) atoms. The summed E-state index contributed by atoms with van der Waals surface area (Å²) in [6, 6.07) is 3.58. The molecule has 0 bridgehead atoms. The Morgan fingerprint density at radius 3 is 2.09 bits per heavy atom. The van der Waals surface area contributed by atoms with Crippen LogP contribution in [0.2, 0.25) is 0 Å². The van der Waals surface area contributed by atoms with Gasteiger partial charge in [-0.05, 0) is 56.4 Å². The third kappa shape index (κ3) is 14.3. The lowest BCUT2D eigenvalue weighted by Gasteiger charge is -2.34. The molecule has 1 aliphatic heterocycles. The van der Waals surface area contributed by atoms with E-state index in [1.165, 1.54) is 28.1 Å². The number of carboxylic acid groups (broad SMARTS) is 4. The molecule has 25 nitrogen and oxygen atoms in total. The van der Waals surface area contributed by atoms with Crippen molar-refractivity contribution in [3.8, 4) is 0 Å². The van der Waals surface area contributed by atoms with Crippen molar-refractivity contribution in [2.75, 3.05) is 81.8 Å². The molecule has 0 radical (unpaired) electrons. The molecule has 3 heterocycles. The van der Waals surface area contributed by atoms with E-state index in [2.05, 4.69) is 41.2 Å². The van der Waals surface area contributed by atoms with E-state index in [-0.39, 0.29) is 131 Å². The highest BCUT2D eigenvalue weighted by molar-refractivity contribution is 5.97. The molecule has 5 rings (SSSR count). The molecule has 2 amide bonds. The summed E-state index contributed by atoms with van der Waals surface area (Å²) in [6.07, 6.45) is 1.61. The summed E-state index contributed by atoms with van der Waals surface area (Å²) in [5.74, 6) is -6.69. The van der Waals surface area contributed by atoms with Crippen molar-refractivity contribution in [2.45, 2.75) is 57.2 Å². The van der Waals surface area contributed by atoms with E-state index in [1.807, 2.05) is 0 Å². The molecule has 0 spiro atoms. The number of fused-ring (bicyclic) bond motifs is 1. The summed E-state index contributed by atoms with van der Waals surface area (Å²) >= 11 is 0. The van der Waals surface area contributed by atoms with Gasteiger partial charge in [0.15, 0.2) is 11.2 Å². The van der Waals surface area contributed by atoms with Crippen LogP contribution < -0.4 is 58.7 Å². The standard InChI is InChI=1S/C41H52N12O13/c42-41-49-36-33(38(62)50-41)47-25(20-46-36)19-45-24-7-5-23(6-8-24)37(61)48-27(39(63)64)9-10-29(54)43-11-1-3-26-32(35(60)34(26)59)44-12-2-4-28(40(65)66)53-17-15-51(21-30(55)56)13-14-52(16-18-53)22-31(57)58/h5-8,20,27-28,44-45H,1-4,9-19,21-22H2,(H,43,54)(H,48,61)(H,55,56)(H,57,58)(H,63,64)(H,65,66)(H3,42,46,49,50,62)/p-3/t27-,28?/m0/s1. The van der Waals surface area contributed by atoms with Crippen LogP contribution in [0.5, 0.6) is 0 Å². The lowest BCUT2D eigenvalue weighted by atomic mass is 10.0. The highest BCUT2D eigenvalue weighted by atomic mass is 16.4. The van der Waals surface area contributed by atoms with Crippen molar-refractivity contribution in [3.05, 3.63) is 78.1 Å². The Morgan fingerprint density at radius 2 is 1.47 bits per heavy atom. The molecular formula is C41H49N12O13-3. The first-order valence-corrected chi connectivity index (χ1v) is 21.0. The zero-order valence-corrected chi connectivity index (χ0v) is 35.7. The molecule has 0 saturated carbocycles. The molecule has 1 saturated heterocycles. The van der Waals surface area contributed by atoms with Crippen LogP contribution in [0.15, 0.2) is 44.8 Å². The summed E-state index contributed by atoms with van der Waals surface area (Å²) in [4.78, 5) is 128. The van der Waals surface area contributed by atoms with E-state index in [9.17, 15) is 63.6 Å². The van der Waals surface area contributed by atoms with Crippen LogP contribution in [0.1, 0.15) is 53.7 Å². The third-order valence-corrected chi connectivity index (χ3v) is 10.8. The van der Waals surface area contributed by atoms with Gasteiger partial charge in [0.25, 0.3) is 11.5 Å². The van der Waals surface area contributed by atoms with E-state index in [4.69, 9.17) is 5.73 Å². The number of nitrogens with zero attached hydrogens (tertiary/aromatic N) is 6. The van der Waals surface area contributed by atoms with Gasteiger partial charge >= 0.3 is 5.97 Å². The minimum Gasteiger partial charge on any atom is -0.549 e. The molecule has 354 valence electrons. The number of aliphatic carboxylic acids is 4. The number of anilines is 3. The van der Waals surface area contributed by atoms with Crippen LogP contribution >= 0.6 is 0 Å². The molecule has 25 heteroatoms. The first-order valence-electron chi connectivity index (χ1n) is 21.0. The first kappa shape index (κ1) is 49.6. The van der Waals surface area contributed by atoms with Crippen molar-refractivity contribution >= 4 is 64.2 Å². The van der Waals surface area contributed by atoms with E-state index >= 15 is 0 Å². The molecule has 1 aliphatic rings. The predicted molar refractivity (Wildman–Crippen MR) is 228 cm³/mol. The molecule has 4 aromatic rings. The Labute approximate surface area is 375 Å². The fraction of sp³-hybridized carbons (Fsp3) is 0.463. The first-order chi connectivity index (χ1) is 31.5. The monoisotopic (exact) mass is 917 g/mol. The van der Waals surface area contributed by atoms with Gasteiger partial charge in [-0.3, -0.25) is 43.7 Å². The van der Waals surface area contributed by atoms with Gasteiger partial charge in [-0.2, -0.15) is 4.98 Å². The van der Waals surface area contributed by atoms with Gasteiger partial charge in [0, 0.05) is 94.7 Å². The van der Waals surface area contributed by atoms with E-state index < -0.39 is 77.3 Å². The number of carboxylic acids is 4. The predicted octanol–water partition coefficient (Wildman–Crippen LogP) is -6.05. The number of carbonyl (C=O) groups excluding carboxylic acids is 5. The maximum atomic E-state index is 12.9. The average molecular weight is 918 g/mol. The summed E-state index contributed by atoms with van der Waals surface area (Å²) in [7, 11) is 0. The Morgan fingerprint density at radius 1 is 0.818 bits per heavy atom. The molecule has 0 aliphatic carbocycles. The maximum Gasteiger partial charge on any atom is 0.326 e. The second-order valence-corrected chi connectivity index (χ2v) is 15.5. The lowest BCUT2D eigenvalue weighted by Crippen LogP contribution is -2.52. The van der Waals surface area contributed by atoms with Gasteiger partial charge in [-0.15, -0.1) is 0 Å². The molecule has 2 aromatic heterocycles. The van der Waals surface area contributed by atoms with E-state index in [0.717, 1.165) is 0 Å². The second kappa shape index (κ2) is 23.5. The quantitative estimate of drug-likeness (QED) is 0.0254. The zero-order valence-electron chi connectivity index (χ0n) is 35.7. The number of aromatic nitrogens is 4.